The molecule has 0 saturated carbocycles. The molecule has 0 aliphatic carbocycles. The zero-order chi connectivity index (χ0) is 18.4. The lowest BCUT2D eigenvalue weighted by molar-refractivity contribution is 0.454. The van der Waals surface area contributed by atoms with E-state index in [1.807, 2.05) is 30.5 Å². The van der Waals surface area contributed by atoms with E-state index in [1.54, 1.807) is 11.7 Å². The van der Waals surface area contributed by atoms with E-state index in [-0.39, 0.29) is 5.82 Å². The van der Waals surface area contributed by atoms with Crippen LogP contribution >= 0.6 is 0 Å². The van der Waals surface area contributed by atoms with Gasteiger partial charge in [-0.05, 0) is 62.3 Å². The Hall–Kier alpha value is -2.86. The lowest BCUT2D eigenvalue weighted by Crippen LogP contribution is -2.27. The van der Waals surface area contributed by atoms with Crippen molar-refractivity contribution in [1.29, 1.82) is 0 Å². The van der Waals surface area contributed by atoms with Crippen molar-refractivity contribution in [2.24, 2.45) is 7.05 Å². The number of halogens is 1. The van der Waals surface area contributed by atoms with E-state index in [0.717, 1.165) is 59.3 Å². The van der Waals surface area contributed by atoms with Crippen LogP contribution in [0.2, 0.25) is 0 Å². The summed E-state index contributed by atoms with van der Waals surface area (Å²) in [4.78, 5) is 9.54. The summed E-state index contributed by atoms with van der Waals surface area (Å²) < 4.78 is 16.0. The first kappa shape index (κ1) is 16.3. The Kier molecular flexibility index (Phi) is 3.86. The van der Waals surface area contributed by atoms with Crippen LogP contribution in [0.1, 0.15) is 24.5 Å². The highest BCUT2D eigenvalue weighted by atomic mass is 19.1. The molecule has 6 heteroatoms. The second-order valence-electron chi connectivity index (χ2n) is 7.19. The van der Waals surface area contributed by atoms with Crippen molar-refractivity contribution < 1.29 is 4.39 Å². The number of aryl methyl sites for hydroxylation is 1. The summed E-state index contributed by atoms with van der Waals surface area (Å²) in [7, 11) is 1.79. The van der Waals surface area contributed by atoms with Crippen LogP contribution in [-0.2, 0) is 7.05 Å². The van der Waals surface area contributed by atoms with Gasteiger partial charge in [-0.2, -0.15) is 5.10 Å². The van der Waals surface area contributed by atoms with Crippen molar-refractivity contribution in [1.82, 2.24) is 25.1 Å². The number of benzene rings is 1. The lowest BCUT2D eigenvalue weighted by atomic mass is 9.94. The van der Waals surface area contributed by atoms with Crippen LogP contribution in [0, 0.1) is 5.82 Å². The number of aromatic nitrogens is 4. The maximum atomic E-state index is 14.4. The second kappa shape index (κ2) is 6.39. The molecule has 1 fully saturated rings. The maximum Gasteiger partial charge on any atom is 0.151 e. The molecular formula is C21H20FN5. The molecular weight excluding hydrogens is 341 g/mol. The average Bonchev–Trinajstić information content (AvgIpc) is 3.09. The Morgan fingerprint density at radius 1 is 1.04 bits per heavy atom. The summed E-state index contributed by atoms with van der Waals surface area (Å²) in [6, 6.07) is 11.4. The average molecular weight is 361 g/mol. The molecule has 0 bridgehead atoms. The molecule has 136 valence electrons. The SMILES string of the molecule is Cn1cc2cc(-c3ccc4nc(C5CCNCC5)ccc4n3)cc(F)c2n1. The third-order valence-electron chi connectivity index (χ3n) is 5.29. The molecule has 5 nitrogen and oxygen atoms in total. The van der Waals surface area contributed by atoms with Gasteiger partial charge in [0.25, 0.3) is 0 Å². The predicted molar refractivity (Wildman–Crippen MR) is 104 cm³/mol. The summed E-state index contributed by atoms with van der Waals surface area (Å²) in [5.74, 6) is 0.182. The summed E-state index contributed by atoms with van der Waals surface area (Å²) in [5.41, 5.74) is 4.73. The summed E-state index contributed by atoms with van der Waals surface area (Å²) in [6.45, 7) is 2.09. The lowest BCUT2D eigenvalue weighted by Gasteiger charge is -2.22. The van der Waals surface area contributed by atoms with Gasteiger partial charge >= 0.3 is 0 Å². The number of nitrogens with one attached hydrogen (secondary N) is 1. The van der Waals surface area contributed by atoms with E-state index in [0.29, 0.717) is 11.4 Å². The second-order valence-corrected chi connectivity index (χ2v) is 7.19. The van der Waals surface area contributed by atoms with Gasteiger partial charge in [0, 0.05) is 35.8 Å². The maximum absolute atomic E-state index is 14.4. The molecule has 0 spiro atoms. The zero-order valence-electron chi connectivity index (χ0n) is 15.1. The fraction of sp³-hybridized carbons (Fsp3) is 0.286. The van der Waals surface area contributed by atoms with Gasteiger partial charge in [0.2, 0.25) is 0 Å². The molecule has 1 aliphatic rings. The van der Waals surface area contributed by atoms with E-state index in [4.69, 9.17) is 9.97 Å². The van der Waals surface area contributed by atoms with Crippen LogP contribution in [0.15, 0.2) is 42.6 Å². The molecule has 0 unspecified atom stereocenters. The summed E-state index contributed by atoms with van der Waals surface area (Å²) in [5, 5.41) is 8.32. The molecule has 27 heavy (non-hydrogen) atoms. The highest BCUT2D eigenvalue weighted by molar-refractivity contribution is 5.85. The quantitative estimate of drug-likeness (QED) is 0.590. The van der Waals surface area contributed by atoms with Gasteiger partial charge in [-0.25, -0.2) is 9.37 Å². The number of piperidine rings is 1. The molecule has 5 rings (SSSR count). The van der Waals surface area contributed by atoms with Crippen LogP contribution in [0.4, 0.5) is 4.39 Å². The molecule has 1 aromatic carbocycles. The Labute approximate surface area is 156 Å². The van der Waals surface area contributed by atoms with Crippen LogP contribution in [0.25, 0.3) is 33.2 Å². The minimum Gasteiger partial charge on any atom is -0.317 e. The number of hydrogen-bond donors (Lipinski definition) is 1. The van der Waals surface area contributed by atoms with Crippen molar-refractivity contribution in [3.05, 3.63) is 54.1 Å². The summed E-state index contributed by atoms with van der Waals surface area (Å²) >= 11 is 0. The van der Waals surface area contributed by atoms with Crippen molar-refractivity contribution >= 4 is 21.9 Å². The fourth-order valence-electron chi connectivity index (χ4n) is 3.89. The Morgan fingerprint density at radius 3 is 2.67 bits per heavy atom. The minimum atomic E-state index is -0.329. The van der Waals surface area contributed by atoms with Gasteiger partial charge in [-0.15, -0.1) is 0 Å². The topological polar surface area (TPSA) is 55.6 Å². The fourth-order valence-corrected chi connectivity index (χ4v) is 3.89. The Bertz CT molecular complexity index is 1140. The minimum absolute atomic E-state index is 0.329. The van der Waals surface area contributed by atoms with Gasteiger partial charge in [-0.1, -0.05) is 0 Å². The number of pyridine rings is 2. The molecule has 0 amide bonds. The Balaban J connectivity index is 1.54. The van der Waals surface area contributed by atoms with Crippen LogP contribution in [-0.4, -0.2) is 32.8 Å². The van der Waals surface area contributed by atoms with Crippen LogP contribution in [0.5, 0.6) is 0 Å². The molecule has 1 saturated heterocycles. The molecule has 3 aromatic heterocycles. The first-order valence-corrected chi connectivity index (χ1v) is 9.29. The first-order valence-electron chi connectivity index (χ1n) is 9.29. The standard InChI is InChI=1S/C21H20FN5/c1-27-12-15-10-14(11-16(22)21(15)26-27)18-3-5-19-20(25-18)4-2-17(24-19)13-6-8-23-9-7-13/h2-5,10-13,23H,6-9H2,1H3. The van der Waals surface area contributed by atoms with Crippen molar-refractivity contribution in [2.45, 2.75) is 18.8 Å². The van der Waals surface area contributed by atoms with Crippen molar-refractivity contribution in [3.8, 4) is 11.3 Å². The number of fused-ring (bicyclic) bond motifs is 2. The van der Waals surface area contributed by atoms with Crippen LogP contribution in [0.3, 0.4) is 0 Å². The van der Waals surface area contributed by atoms with Gasteiger partial charge in [-0.3, -0.25) is 9.67 Å². The molecule has 1 N–H and O–H groups in total. The Morgan fingerprint density at radius 2 is 1.81 bits per heavy atom. The highest BCUT2D eigenvalue weighted by Crippen LogP contribution is 2.28. The highest BCUT2D eigenvalue weighted by Gasteiger charge is 2.17. The van der Waals surface area contributed by atoms with E-state index < -0.39 is 0 Å². The van der Waals surface area contributed by atoms with Gasteiger partial charge < -0.3 is 5.32 Å². The number of rotatable bonds is 2. The molecule has 1 aliphatic heterocycles. The van der Waals surface area contributed by atoms with E-state index in [1.165, 1.54) is 6.07 Å². The smallest absolute Gasteiger partial charge is 0.151 e. The van der Waals surface area contributed by atoms with E-state index >= 15 is 0 Å². The van der Waals surface area contributed by atoms with Gasteiger partial charge in [0.1, 0.15) is 5.52 Å². The van der Waals surface area contributed by atoms with Crippen molar-refractivity contribution in [3.63, 3.8) is 0 Å². The van der Waals surface area contributed by atoms with Gasteiger partial charge in [0.15, 0.2) is 5.82 Å². The first-order chi connectivity index (χ1) is 13.2. The number of hydrogen-bond acceptors (Lipinski definition) is 4. The molecule has 4 heterocycles. The summed E-state index contributed by atoms with van der Waals surface area (Å²) in [6.07, 6.45) is 4.05. The normalized spacial score (nSPS) is 15.6. The van der Waals surface area contributed by atoms with E-state index in [2.05, 4.69) is 16.5 Å². The van der Waals surface area contributed by atoms with E-state index in [9.17, 15) is 4.39 Å². The van der Waals surface area contributed by atoms with Crippen LogP contribution < -0.4 is 5.32 Å². The molecule has 0 radical (unpaired) electrons. The monoisotopic (exact) mass is 361 g/mol. The predicted octanol–water partition coefficient (Wildman–Crippen LogP) is 3.79. The number of nitrogens with zero attached hydrogens (tertiary/aromatic N) is 4. The van der Waals surface area contributed by atoms with Gasteiger partial charge in [0.05, 0.1) is 16.7 Å². The molecule has 0 atom stereocenters. The zero-order valence-corrected chi connectivity index (χ0v) is 15.1. The largest absolute Gasteiger partial charge is 0.317 e. The van der Waals surface area contributed by atoms with Crippen molar-refractivity contribution in [2.75, 3.05) is 13.1 Å². The third-order valence-corrected chi connectivity index (χ3v) is 5.29. The molecule has 4 aromatic rings. The third kappa shape index (κ3) is 2.96.